The molecule has 87 heavy (non-hydrogen) atoms. The number of hydrogen-bond donors (Lipinski definition) is 16. The molecule has 31 nitrogen and oxygen atoms in total. The predicted octanol–water partition coefficient (Wildman–Crippen LogP) is 0.765. The number of rotatable bonds is 35. The first-order valence-electron chi connectivity index (χ1n) is 27.0. The van der Waals surface area contributed by atoms with E-state index in [4.69, 9.17) is 69.6 Å². The van der Waals surface area contributed by atoms with Crippen molar-refractivity contribution in [1.29, 1.82) is 5.41 Å². The fourth-order valence-corrected chi connectivity index (χ4v) is 8.39. The number of ether oxygens (including phenoxy) is 4. The second-order valence-corrected chi connectivity index (χ2v) is 19.3. The van der Waals surface area contributed by atoms with Crippen LogP contribution in [-0.4, -0.2) is 142 Å². The summed E-state index contributed by atoms with van der Waals surface area (Å²) in [6.45, 7) is 0.121. The maximum atomic E-state index is 14.3. The first-order chi connectivity index (χ1) is 41.4. The number of primary amides is 1. The number of aliphatic imine (C=N–C) groups is 2. The van der Waals surface area contributed by atoms with Gasteiger partial charge in [0.1, 0.15) is 41.1 Å². The van der Waals surface area contributed by atoms with Crippen molar-refractivity contribution in [2.75, 3.05) is 62.8 Å². The highest BCUT2D eigenvalue weighted by Crippen LogP contribution is 2.28. The zero-order chi connectivity index (χ0) is 64.3. The number of amides is 8. The Hall–Kier alpha value is -10.7. The summed E-state index contributed by atoms with van der Waals surface area (Å²) in [7, 11) is 5.24. The molecule has 23 N–H and O–H groups in total. The van der Waals surface area contributed by atoms with Crippen LogP contribution in [0.3, 0.4) is 0 Å². The summed E-state index contributed by atoms with van der Waals surface area (Å²) >= 11 is 0. The molecular formula is C56H75N17O14. The van der Waals surface area contributed by atoms with Crippen molar-refractivity contribution in [3.05, 3.63) is 95.1 Å². The second-order valence-electron chi connectivity index (χ2n) is 19.3. The number of nitrogens with zero attached hydrogens (tertiary/aromatic N) is 2. The minimum absolute atomic E-state index is 0.00717. The number of unbranched alkanes of at least 4 members (excludes halogenated alkanes) is 1. The summed E-state index contributed by atoms with van der Waals surface area (Å²) in [6, 6.07) is 11.5. The summed E-state index contributed by atoms with van der Waals surface area (Å²) in [6.07, 6.45) is 0.843. The lowest BCUT2D eigenvalue weighted by Crippen LogP contribution is -2.44. The smallest absolute Gasteiger partial charge is 0.303 e. The molecular weight excluding hydrogens is 1130 g/mol. The summed E-state index contributed by atoms with van der Waals surface area (Å²) in [5.74, 6) is -7.53. The monoisotopic (exact) mass is 1210 g/mol. The van der Waals surface area contributed by atoms with Crippen LogP contribution in [0.2, 0.25) is 0 Å². The zero-order valence-electron chi connectivity index (χ0n) is 48.4. The molecule has 0 bridgehead atoms. The van der Waals surface area contributed by atoms with Crippen LogP contribution >= 0.6 is 0 Å². The van der Waals surface area contributed by atoms with E-state index in [1.54, 1.807) is 0 Å². The number of amidine groups is 1. The third kappa shape index (κ3) is 22.1. The molecule has 0 spiro atoms. The predicted molar refractivity (Wildman–Crippen MR) is 324 cm³/mol. The number of methoxy groups -OCH3 is 4. The second kappa shape index (κ2) is 34.2. The first kappa shape index (κ1) is 68.8. The number of nitrogens with one attached hydrogen (secondary N) is 8. The van der Waals surface area contributed by atoms with E-state index in [0.29, 0.717) is 12.8 Å². The number of nitrogens with two attached hydrogens (primary N) is 7. The van der Waals surface area contributed by atoms with E-state index in [1.807, 2.05) is 0 Å². The van der Waals surface area contributed by atoms with Gasteiger partial charge in [-0.2, -0.15) is 0 Å². The van der Waals surface area contributed by atoms with Gasteiger partial charge in [0.15, 0.2) is 11.9 Å². The third-order valence-electron chi connectivity index (χ3n) is 12.8. The van der Waals surface area contributed by atoms with Gasteiger partial charge in [-0.25, -0.2) is 0 Å². The molecule has 0 unspecified atom stereocenters. The van der Waals surface area contributed by atoms with Crippen LogP contribution in [0, 0.1) is 5.41 Å². The van der Waals surface area contributed by atoms with Crippen molar-refractivity contribution < 1.29 is 67.2 Å². The Labute approximate surface area is 500 Å². The summed E-state index contributed by atoms with van der Waals surface area (Å²) in [5.41, 5.74) is 39.1. The van der Waals surface area contributed by atoms with Crippen LogP contribution in [-0.2, 0) is 24.0 Å². The maximum Gasteiger partial charge on any atom is 0.303 e. The van der Waals surface area contributed by atoms with E-state index in [9.17, 15) is 43.2 Å². The van der Waals surface area contributed by atoms with Crippen molar-refractivity contribution in [1.82, 2.24) is 16.0 Å². The molecule has 0 aliphatic heterocycles. The van der Waals surface area contributed by atoms with Gasteiger partial charge in [-0.05, 0) is 118 Å². The fraction of sp³-hybridized carbons (Fsp3) is 0.357. The fourth-order valence-electron chi connectivity index (χ4n) is 8.39. The average molecular weight is 1210 g/mol. The van der Waals surface area contributed by atoms with E-state index in [0.717, 1.165) is 0 Å². The highest BCUT2D eigenvalue weighted by Gasteiger charge is 2.29. The minimum Gasteiger partial charge on any atom is -0.496 e. The van der Waals surface area contributed by atoms with Crippen molar-refractivity contribution in [2.45, 2.75) is 88.4 Å². The summed E-state index contributed by atoms with van der Waals surface area (Å²) in [4.78, 5) is 129. The SMILES string of the molecule is COc1ccc(NC(=O)[C@@H](CCCCC(=N)N)NC(=O)c2cc(NC(=O)[C@@H](CCCN=C(N)N)NC(=O)c3cc(NC(=O)[C@@H](CCCN=C(N)N)NC(=O)c4cc(NC(=O)[C@H](N)CCC(=O)O)ccc4OC)ccc3OC)ccc2OC)cc1C(N)=O. The van der Waals surface area contributed by atoms with Gasteiger partial charge in [0.05, 0.1) is 62.6 Å². The first-order valence-corrected chi connectivity index (χ1v) is 27.0. The highest BCUT2D eigenvalue weighted by atomic mass is 16.5. The van der Waals surface area contributed by atoms with E-state index < -0.39 is 77.4 Å². The van der Waals surface area contributed by atoms with Gasteiger partial charge in [-0.3, -0.25) is 58.5 Å². The third-order valence-corrected chi connectivity index (χ3v) is 12.8. The molecule has 0 fully saturated rings. The Balaban J connectivity index is 1.61. The van der Waals surface area contributed by atoms with Gasteiger partial charge >= 0.3 is 5.97 Å². The zero-order valence-corrected chi connectivity index (χ0v) is 48.4. The van der Waals surface area contributed by atoms with Crippen molar-refractivity contribution in [3.63, 3.8) is 0 Å². The molecule has 468 valence electrons. The molecule has 4 aromatic rings. The number of hydrogen-bond acceptors (Lipinski definition) is 17. The van der Waals surface area contributed by atoms with Gasteiger partial charge in [0.2, 0.25) is 23.6 Å². The molecule has 4 aromatic carbocycles. The van der Waals surface area contributed by atoms with Crippen molar-refractivity contribution in [3.8, 4) is 23.0 Å². The number of guanidine groups is 2. The molecule has 0 aliphatic rings. The van der Waals surface area contributed by atoms with E-state index >= 15 is 0 Å². The molecule has 4 atom stereocenters. The molecule has 8 amide bonds. The van der Waals surface area contributed by atoms with Crippen LogP contribution in [0.4, 0.5) is 22.7 Å². The number of carboxylic acids is 1. The van der Waals surface area contributed by atoms with Crippen LogP contribution in [0.15, 0.2) is 82.8 Å². The molecule has 0 saturated carbocycles. The highest BCUT2D eigenvalue weighted by molar-refractivity contribution is 6.08. The van der Waals surface area contributed by atoms with Gasteiger partial charge in [-0.15, -0.1) is 0 Å². The van der Waals surface area contributed by atoms with Crippen molar-refractivity contribution >= 4 is 93.7 Å². The van der Waals surface area contributed by atoms with Crippen molar-refractivity contribution in [2.24, 2.45) is 50.1 Å². The standard InChI is InChI=1S/C56H75N17O14/c1-84-41-18-13-29(25-33(41)47(60)76)68-52(81)38(9-5-6-12-45(58)59)71-48(77)35-27-31(15-20-43(35)86-3)69-54(83)40(11-8-24-66-56(63)64)73-50(79)36-28-32(16-21-44(36)87-4)70-53(82)39(10-7-23-65-55(61)62)72-49(78)34-26-30(14-19-42(34)85-2)67-51(80)37(57)17-22-46(74)75/h13-16,18-21,25-28,37-40H,5-12,17,22-24,57H2,1-4H3,(H3,58,59)(H2,60,76)(H,67,80)(H,68,81)(H,69,83)(H,70,82)(H,71,77)(H,72,78)(H,73,79)(H,74,75)(H4,61,62,65)(H4,63,64,66)/t37-,38-,39-,40-/m1/s1. The Bertz CT molecular complexity index is 3220. The Morgan fingerprint density at radius 1 is 0.460 bits per heavy atom. The number of carbonyl (C=O) groups excluding carboxylic acids is 8. The van der Waals surface area contributed by atoms with Gasteiger partial charge in [-0.1, -0.05) is 6.42 Å². The molecule has 0 saturated heterocycles. The summed E-state index contributed by atoms with van der Waals surface area (Å²) in [5, 5.41) is 35.3. The lowest BCUT2D eigenvalue weighted by Gasteiger charge is -2.21. The van der Waals surface area contributed by atoms with E-state index in [1.165, 1.54) is 101 Å². The Morgan fingerprint density at radius 3 is 1.09 bits per heavy atom. The van der Waals surface area contributed by atoms with Crippen LogP contribution < -0.4 is 96.3 Å². The van der Waals surface area contributed by atoms with Crippen LogP contribution in [0.25, 0.3) is 0 Å². The normalized spacial score (nSPS) is 12.0. The Morgan fingerprint density at radius 2 is 0.782 bits per heavy atom. The number of anilines is 4. The van der Waals surface area contributed by atoms with Gasteiger partial charge < -0.3 is 101 Å². The average Bonchev–Trinajstić information content (AvgIpc) is 1.57. The molecule has 0 aromatic heterocycles. The lowest BCUT2D eigenvalue weighted by molar-refractivity contribution is -0.137. The molecule has 0 aliphatic carbocycles. The number of carboxylic acid groups (broad SMARTS) is 1. The quantitative estimate of drug-likeness (QED) is 0.0172. The summed E-state index contributed by atoms with van der Waals surface area (Å²) < 4.78 is 21.6. The minimum atomic E-state index is -1.33. The molecule has 4 rings (SSSR count). The number of benzene rings is 4. The van der Waals surface area contributed by atoms with E-state index in [-0.39, 0.29) is 150 Å². The Kier molecular flexibility index (Phi) is 27.0. The lowest BCUT2D eigenvalue weighted by atomic mass is 10.0. The topological polar surface area (TPSA) is 526 Å². The van der Waals surface area contributed by atoms with Crippen LogP contribution in [0.5, 0.6) is 23.0 Å². The largest absolute Gasteiger partial charge is 0.496 e. The number of carbonyl (C=O) groups is 9. The van der Waals surface area contributed by atoms with E-state index in [2.05, 4.69) is 47.2 Å². The molecule has 31 heteroatoms. The molecule has 0 radical (unpaired) electrons. The van der Waals surface area contributed by atoms with Gasteiger partial charge in [0.25, 0.3) is 23.6 Å². The molecule has 0 heterocycles. The maximum absolute atomic E-state index is 14.3. The van der Waals surface area contributed by atoms with Gasteiger partial charge in [0, 0.05) is 48.7 Å². The number of aliphatic carboxylic acids is 1. The van der Waals surface area contributed by atoms with Crippen LogP contribution in [0.1, 0.15) is 106 Å².